The van der Waals surface area contributed by atoms with E-state index >= 15 is 0 Å². The number of hydrogen-bond acceptors (Lipinski definition) is 6. The van der Waals surface area contributed by atoms with Gasteiger partial charge in [-0.15, -0.1) is 0 Å². The van der Waals surface area contributed by atoms with Crippen LogP contribution in [0.3, 0.4) is 0 Å². The van der Waals surface area contributed by atoms with Gasteiger partial charge in [-0.2, -0.15) is 13.9 Å². The van der Waals surface area contributed by atoms with E-state index in [1.54, 1.807) is 22.8 Å². The molecule has 1 amide bonds. The number of ether oxygens (including phenoxy) is 1. The van der Waals surface area contributed by atoms with E-state index in [4.69, 9.17) is 11.6 Å². The smallest absolute Gasteiger partial charge is 0.345 e. The van der Waals surface area contributed by atoms with E-state index in [1.165, 1.54) is 26.2 Å². The Labute approximate surface area is 193 Å². The van der Waals surface area contributed by atoms with Gasteiger partial charge in [0.2, 0.25) is 0 Å². The van der Waals surface area contributed by atoms with Gasteiger partial charge in [0.25, 0.3) is 5.91 Å². The molecule has 178 valence electrons. The number of fused-ring (bicyclic) bond motifs is 1. The largest absolute Gasteiger partial charge is 0.382 e. The number of imidazole rings is 1. The fraction of sp³-hybridized carbons (Fsp3) is 0.429. The fourth-order valence-electron chi connectivity index (χ4n) is 3.06. The first-order valence-corrected chi connectivity index (χ1v) is 10.5. The van der Waals surface area contributed by atoms with Crippen LogP contribution in [0, 0.1) is 0 Å². The predicted octanol–water partition coefficient (Wildman–Crippen LogP) is 4.35. The minimum Gasteiger partial charge on any atom is -0.382 e. The van der Waals surface area contributed by atoms with Crippen molar-refractivity contribution in [3.05, 3.63) is 41.3 Å². The number of halogens is 4. The van der Waals surface area contributed by atoms with Crippen LogP contribution in [0.15, 0.2) is 30.7 Å². The zero-order valence-electron chi connectivity index (χ0n) is 18.4. The second-order valence-electron chi connectivity index (χ2n) is 8.16. The Balaban J connectivity index is 1.85. The molecule has 8 nitrogen and oxygen atoms in total. The van der Waals surface area contributed by atoms with E-state index < -0.39 is 30.8 Å². The molecule has 0 bridgehead atoms. The average Bonchev–Trinajstić information content (AvgIpc) is 3.13. The van der Waals surface area contributed by atoms with Crippen LogP contribution in [0.5, 0.6) is 0 Å². The SMILES string of the molecule is CC(C)Nc1cc(-c2cnc3cc(Cl)cnn23)ncc1C(=O)NCC(F)C(C)(C)OC(F)F. The number of carbonyl (C=O) groups excluding carboxylic acids is 1. The second kappa shape index (κ2) is 9.92. The summed E-state index contributed by atoms with van der Waals surface area (Å²) in [5.74, 6) is -0.615. The van der Waals surface area contributed by atoms with Gasteiger partial charge in [-0.25, -0.2) is 13.9 Å². The second-order valence-corrected chi connectivity index (χ2v) is 8.60. The van der Waals surface area contributed by atoms with E-state index in [-0.39, 0.29) is 11.6 Å². The number of hydrogen-bond donors (Lipinski definition) is 2. The van der Waals surface area contributed by atoms with Crippen molar-refractivity contribution in [3.8, 4) is 11.4 Å². The average molecular weight is 485 g/mol. The standard InChI is InChI=1S/C21H24ClF3N6O2/c1-11(2)30-14-6-15(16-9-27-18-5-12(22)7-29-31(16)18)26-8-13(14)19(32)28-10-17(23)21(3,4)33-20(24)25/h5-9,11,17,20H,10H2,1-4H3,(H,26,30)(H,28,32). The molecule has 12 heteroatoms. The summed E-state index contributed by atoms with van der Waals surface area (Å²) in [4.78, 5) is 21.4. The Hall–Kier alpha value is -2.92. The van der Waals surface area contributed by atoms with Gasteiger partial charge in [0, 0.05) is 18.3 Å². The highest BCUT2D eigenvalue weighted by Gasteiger charge is 2.34. The number of pyridine rings is 1. The van der Waals surface area contributed by atoms with E-state index in [0.29, 0.717) is 27.7 Å². The Morgan fingerprint density at radius 2 is 1.91 bits per heavy atom. The molecule has 0 aliphatic rings. The van der Waals surface area contributed by atoms with Crippen molar-refractivity contribution >= 4 is 28.8 Å². The molecule has 0 spiro atoms. The lowest BCUT2D eigenvalue weighted by Gasteiger charge is -2.28. The summed E-state index contributed by atoms with van der Waals surface area (Å²) in [6.45, 7) is 2.52. The molecule has 33 heavy (non-hydrogen) atoms. The molecule has 1 unspecified atom stereocenters. The number of amides is 1. The molecular formula is C21H24ClF3N6O2. The highest BCUT2D eigenvalue weighted by atomic mass is 35.5. The van der Waals surface area contributed by atoms with Gasteiger partial charge < -0.3 is 15.4 Å². The Morgan fingerprint density at radius 3 is 2.58 bits per heavy atom. The zero-order chi connectivity index (χ0) is 24.3. The summed E-state index contributed by atoms with van der Waals surface area (Å²) in [7, 11) is 0. The molecule has 2 N–H and O–H groups in total. The Morgan fingerprint density at radius 1 is 1.18 bits per heavy atom. The quantitative estimate of drug-likeness (QED) is 0.469. The minimum atomic E-state index is -3.13. The number of rotatable bonds is 9. The van der Waals surface area contributed by atoms with Crippen LogP contribution >= 0.6 is 11.6 Å². The molecule has 3 aromatic rings. The first kappa shape index (κ1) is 24.7. The third kappa shape index (κ3) is 5.91. The number of aromatic nitrogens is 4. The van der Waals surface area contributed by atoms with Crippen LogP contribution in [0.25, 0.3) is 17.0 Å². The summed E-state index contributed by atoms with van der Waals surface area (Å²) in [5, 5.41) is 10.3. The highest BCUT2D eigenvalue weighted by molar-refractivity contribution is 6.30. The van der Waals surface area contributed by atoms with Crippen molar-refractivity contribution in [2.45, 2.75) is 52.1 Å². The molecular weight excluding hydrogens is 461 g/mol. The normalized spacial score (nSPS) is 13.0. The van der Waals surface area contributed by atoms with Crippen molar-refractivity contribution in [2.24, 2.45) is 0 Å². The first-order valence-electron chi connectivity index (χ1n) is 10.1. The number of nitrogens with zero attached hydrogens (tertiary/aromatic N) is 4. The Bertz CT molecular complexity index is 1140. The zero-order valence-corrected chi connectivity index (χ0v) is 19.2. The number of nitrogens with one attached hydrogen (secondary N) is 2. The maximum atomic E-state index is 14.4. The van der Waals surface area contributed by atoms with E-state index in [9.17, 15) is 18.0 Å². The minimum absolute atomic E-state index is 0.0294. The van der Waals surface area contributed by atoms with Crippen molar-refractivity contribution in [1.29, 1.82) is 0 Å². The topological polar surface area (TPSA) is 93.4 Å². The van der Waals surface area contributed by atoms with Gasteiger partial charge in [0.15, 0.2) is 5.65 Å². The van der Waals surface area contributed by atoms with Gasteiger partial charge >= 0.3 is 6.61 Å². The van der Waals surface area contributed by atoms with Crippen LogP contribution in [0.2, 0.25) is 5.02 Å². The van der Waals surface area contributed by atoms with Gasteiger partial charge in [0.05, 0.1) is 40.9 Å². The lowest BCUT2D eigenvalue weighted by molar-refractivity contribution is -0.215. The molecule has 0 radical (unpaired) electrons. The first-order chi connectivity index (χ1) is 15.5. The lowest BCUT2D eigenvalue weighted by atomic mass is 10.0. The molecule has 3 aromatic heterocycles. The molecule has 0 aliphatic carbocycles. The maximum absolute atomic E-state index is 14.4. The summed E-state index contributed by atoms with van der Waals surface area (Å²) in [6.07, 6.45) is 2.54. The van der Waals surface area contributed by atoms with Gasteiger partial charge in [-0.3, -0.25) is 9.78 Å². The Kier molecular flexibility index (Phi) is 7.43. The summed E-state index contributed by atoms with van der Waals surface area (Å²) < 4.78 is 45.3. The molecule has 0 saturated heterocycles. The number of anilines is 1. The summed E-state index contributed by atoms with van der Waals surface area (Å²) >= 11 is 5.96. The highest BCUT2D eigenvalue weighted by Crippen LogP contribution is 2.26. The van der Waals surface area contributed by atoms with Gasteiger partial charge in [-0.1, -0.05) is 11.6 Å². The van der Waals surface area contributed by atoms with Crippen molar-refractivity contribution in [3.63, 3.8) is 0 Å². The van der Waals surface area contributed by atoms with E-state index in [2.05, 4.69) is 30.4 Å². The number of alkyl halides is 3. The molecule has 0 saturated carbocycles. The van der Waals surface area contributed by atoms with Crippen molar-refractivity contribution < 1.29 is 22.7 Å². The van der Waals surface area contributed by atoms with Crippen LogP contribution in [0.4, 0.5) is 18.9 Å². The summed E-state index contributed by atoms with van der Waals surface area (Å²) in [5.41, 5.74) is 0.442. The lowest BCUT2D eigenvalue weighted by Crippen LogP contribution is -2.45. The van der Waals surface area contributed by atoms with Crippen molar-refractivity contribution in [2.75, 3.05) is 11.9 Å². The van der Waals surface area contributed by atoms with Gasteiger partial charge in [-0.05, 0) is 33.8 Å². The molecule has 1 atom stereocenters. The molecule has 3 heterocycles. The van der Waals surface area contributed by atoms with Gasteiger partial charge in [0.1, 0.15) is 17.5 Å². The maximum Gasteiger partial charge on any atom is 0.345 e. The summed E-state index contributed by atoms with van der Waals surface area (Å²) in [6, 6.07) is 3.28. The number of carbonyl (C=O) groups is 1. The monoisotopic (exact) mass is 484 g/mol. The van der Waals surface area contributed by atoms with E-state index in [0.717, 1.165) is 0 Å². The molecule has 0 fully saturated rings. The fourth-order valence-corrected chi connectivity index (χ4v) is 3.20. The van der Waals surface area contributed by atoms with E-state index in [1.807, 2.05) is 13.8 Å². The third-order valence-corrected chi connectivity index (χ3v) is 4.98. The van der Waals surface area contributed by atoms with Crippen LogP contribution < -0.4 is 10.6 Å². The van der Waals surface area contributed by atoms with Crippen LogP contribution in [-0.4, -0.2) is 56.5 Å². The van der Waals surface area contributed by atoms with Crippen LogP contribution in [0.1, 0.15) is 38.1 Å². The van der Waals surface area contributed by atoms with Crippen molar-refractivity contribution in [1.82, 2.24) is 24.9 Å². The molecule has 0 aromatic carbocycles. The molecule has 0 aliphatic heterocycles. The molecule has 3 rings (SSSR count). The van der Waals surface area contributed by atoms with Crippen LogP contribution in [-0.2, 0) is 4.74 Å². The predicted molar refractivity (Wildman–Crippen MR) is 118 cm³/mol. The third-order valence-electron chi connectivity index (χ3n) is 4.77.